The number of hydrogen-bond acceptors (Lipinski definition) is 3. The number of benzene rings is 1. The zero-order valence-corrected chi connectivity index (χ0v) is 14.6. The second kappa shape index (κ2) is 6.97. The zero-order valence-electron chi connectivity index (χ0n) is 13.1. The molecule has 4 nitrogen and oxygen atoms in total. The van der Waals surface area contributed by atoms with Crippen molar-refractivity contribution in [2.24, 2.45) is 0 Å². The molecule has 0 aliphatic heterocycles. The lowest BCUT2D eigenvalue weighted by molar-refractivity contribution is 0.0505. The Morgan fingerprint density at radius 1 is 1.23 bits per heavy atom. The molecular weight excluding hydrogens is 323 g/mol. The highest BCUT2D eigenvalue weighted by atomic mass is 35.5. The molecule has 1 aliphatic rings. The van der Waals surface area contributed by atoms with Gasteiger partial charge < -0.3 is 15.4 Å². The summed E-state index contributed by atoms with van der Waals surface area (Å²) in [6.07, 6.45) is 2.38. The quantitative estimate of drug-likeness (QED) is 0.823. The lowest BCUT2D eigenvalue weighted by Crippen LogP contribution is -2.38. The molecule has 0 radical (unpaired) electrons. The fourth-order valence-corrected chi connectivity index (χ4v) is 3.01. The topological polar surface area (TPSA) is 50.4 Å². The molecule has 1 amide bonds. The number of halogens is 2. The van der Waals surface area contributed by atoms with Crippen molar-refractivity contribution >= 4 is 35.0 Å². The number of ether oxygens (including phenoxy) is 1. The van der Waals surface area contributed by atoms with Gasteiger partial charge in [0.15, 0.2) is 0 Å². The number of carbonyl (C=O) groups excluding carboxylic acids is 1. The minimum atomic E-state index is -0.475. The molecule has 0 saturated heterocycles. The average molecular weight is 345 g/mol. The number of carbonyl (C=O) groups is 1. The van der Waals surface area contributed by atoms with Gasteiger partial charge in [-0.25, -0.2) is 4.79 Å². The van der Waals surface area contributed by atoms with Crippen LogP contribution < -0.4 is 10.6 Å². The van der Waals surface area contributed by atoms with E-state index in [4.69, 9.17) is 27.9 Å². The van der Waals surface area contributed by atoms with E-state index in [0.717, 1.165) is 24.9 Å². The van der Waals surface area contributed by atoms with Gasteiger partial charge >= 0.3 is 6.09 Å². The third-order valence-corrected chi connectivity index (χ3v) is 3.99. The van der Waals surface area contributed by atoms with E-state index in [2.05, 4.69) is 10.6 Å². The van der Waals surface area contributed by atoms with E-state index >= 15 is 0 Å². The molecule has 122 valence electrons. The molecule has 0 bridgehead atoms. The van der Waals surface area contributed by atoms with Crippen molar-refractivity contribution < 1.29 is 9.53 Å². The minimum Gasteiger partial charge on any atom is -0.444 e. The van der Waals surface area contributed by atoms with Crippen LogP contribution in [0, 0.1) is 0 Å². The predicted molar refractivity (Wildman–Crippen MR) is 90.9 cm³/mol. The van der Waals surface area contributed by atoms with Crippen molar-refractivity contribution in [3.8, 4) is 0 Å². The third kappa shape index (κ3) is 5.25. The first-order valence-electron chi connectivity index (χ1n) is 7.44. The molecule has 1 aromatic rings. The summed E-state index contributed by atoms with van der Waals surface area (Å²) < 4.78 is 5.28. The molecule has 1 aliphatic carbocycles. The molecule has 0 heterocycles. The molecule has 1 aromatic carbocycles. The Kier molecular flexibility index (Phi) is 5.45. The lowest BCUT2D eigenvalue weighted by atomic mass is 10.2. The Bertz CT molecular complexity index is 543. The van der Waals surface area contributed by atoms with E-state index in [0.29, 0.717) is 10.0 Å². The van der Waals surface area contributed by atoms with Crippen LogP contribution in [-0.4, -0.2) is 23.8 Å². The Morgan fingerprint density at radius 3 is 2.55 bits per heavy atom. The average Bonchev–Trinajstić information content (AvgIpc) is 2.77. The highest BCUT2D eigenvalue weighted by molar-refractivity contribution is 6.36. The minimum absolute atomic E-state index is 0.124. The summed E-state index contributed by atoms with van der Waals surface area (Å²) in [4.78, 5) is 11.8. The number of nitrogens with one attached hydrogen (secondary N) is 2. The summed E-state index contributed by atoms with van der Waals surface area (Å²) in [5.74, 6) is 0. The molecular formula is C16H22Cl2N2O2. The molecule has 2 N–H and O–H groups in total. The van der Waals surface area contributed by atoms with Crippen LogP contribution in [0.1, 0.15) is 40.0 Å². The van der Waals surface area contributed by atoms with Gasteiger partial charge in [-0.15, -0.1) is 0 Å². The van der Waals surface area contributed by atoms with Crippen molar-refractivity contribution in [1.29, 1.82) is 0 Å². The standard InChI is InChI=1S/C16H22Cl2N2O2/c1-16(2,3)22-15(21)20-12-6-5-11(9-12)19-14-7-4-10(17)8-13(14)18/h4,7-8,11-12,19H,5-6,9H2,1-3H3,(H,20,21). The van der Waals surface area contributed by atoms with Crippen LogP contribution in [0.15, 0.2) is 18.2 Å². The summed E-state index contributed by atoms with van der Waals surface area (Å²) in [7, 11) is 0. The van der Waals surface area contributed by atoms with Crippen LogP contribution in [0.2, 0.25) is 10.0 Å². The summed E-state index contributed by atoms with van der Waals surface area (Å²) in [6, 6.07) is 5.80. The van der Waals surface area contributed by atoms with Crippen molar-refractivity contribution in [2.75, 3.05) is 5.32 Å². The molecule has 0 aromatic heterocycles. The number of rotatable bonds is 3. The summed E-state index contributed by atoms with van der Waals surface area (Å²) in [5.41, 5.74) is 0.394. The summed E-state index contributed by atoms with van der Waals surface area (Å²) in [6.45, 7) is 5.57. The Balaban J connectivity index is 1.84. The van der Waals surface area contributed by atoms with Crippen molar-refractivity contribution in [3.05, 3.63) is 28.2 Å². The largest absolute Gasteiger partial charge is 0.444 e. The van der Waals surface area contributed by atoms with Gasteiger partial charge in [-0.2, -0.15) is 0 Å². The number of amides is 1. The zero-order chi connectivity index (χ0) is 16.3. The monoisotopic (exact) mass is 344 g/mol. The van der Waals surface area contributed by atoms with Crippen molar-refractivity contribution in [1.82, 2.24) is 5.32 Å². The van der Waals surface area contributed by atoms with E-state index in [9.17, 15) is 4.79 Å². The van der Waals surface area contributed by atoms with Gasteiger partial charge in [0.05, 0.1) is 10.7 Å². The number of alkyl carbamates (subject to hydrolysis) is 1. The first kappa shape index (κ1) is 17.2. The lowest BCUT2D eigenvalue weighted by Gasteiger charge is -2.22. The number of hydrogen-bond donors (Lipinski definition) is 2. The van der Waals surface area contributed by atoms with Crippen LogP contribution in [0.3, 0.4) is 0 Å². The molecule has 1 fully saturated rings. The first-order valence-corrected chi connectivity index (χ1v) is 8.19. The van der Waals surface area contributed by atoms with E-state index < -0.39 is 5.60 Å². The predicted octanol–water partition coefficient (Wildman–Crippen LogP) is 4.85. The van der Waals surface area contributed by atoms with Gasteiger partial charge in [0.1, 0.15) is 5.60 Å². The van der Waals surface area contributed by atoms with Crippen LogP contribution in [0.25, 0.3) is 0 Å². The number of anilines is 1. The second-order valence-corrected chi connectivity index (χ2v) is 7.47. The maximum absolute atomic E-state index is 11.8. The Hall–Kier alpha value is -1.13. The molecule has 6 heteroatoms. The Morgan fingerprint density at radius 2 is 1.91 bits per heavy atom. The first-order chi connectivity index (χ1) is 10.2. The van der Waals surface area contributed by atoms with Crippen LogP contribution in [-0.2, 0) is 4.74 Å². The van der Waals surface area contributed by atoms with Crippen LogP contribution in [0.5, 0.6) is 0 Å². The van der Waals surface area contributed by atoms with E-state index in [1.165, 1.54) is 0 Å². The normalized spacial score (nSPS) is 21.5. The van der Waals surface area contributed by atoms with E-state index in [-0.39, 0.29) is 18.2 Å². The summed E-state index contributed by atoms with van der Waals surface area (Å²) in [5, 5.41) is 7.55. The summed E-state index contributed by atoms with van der Waals surface area (Å²) >= 11 is 12.1. The third-order valence-electron chi connectivity index (χ3n) is 3.44. The van der Waals surface area contributed by atoms with E-state index in [1.807, 2.05) is 26.8 Å². The highest BCUT2D eigenvalue weighted by Gasteiger charge is 2.27. The van der Waals surface area contributed by atoms with Gasteiger partial charge in [-0.3, -0.25) is 0 Å². The molecule has 2 unspecified atom stereocenters. The molecule has 22 heavy (non-hydrogen) atoms. The highest BCUT2D eigenvalue weighted by Crippen LogP contribution is 2.29. The van der Waals surface area contributed by atoms with Gasteiger partial charge in [0.25, 0.3) is 0 Å². The molecule has 2 atom stereocenters. The van der Waals surface area contributed by atoms with Crippen molar-refractivity contribution in [3.63, 3.8) is 0 Å². The Labute approximate surface area is 141 Å². The molecule has 1 saturated carbocycles. The molecule has 0 spiro atoms. The molecule has 2 rings (SSSR count). The second-order valence-electron chi connectivity index (χ2n) is 6.62. The van der Waals surface area contributed by atoms with Gasteiger partial charge in [0, 0.05) is 17.1 Å². The van der Waals surface area contributed by atoms with Gasteiger partial charge in [0.2, 0.25) is 0 Å². The van der Waals surface area contributed by atoms with Crippen LogP contribution in [0.4, 0.5) is 10.5 Å². The fourth-order valence-electron chi connectivity index (χ4n) is 2.54. The van der Waals surface area contributed by atoms with Gasteiger partial charge in [-0.05, 0) is 58.2 Å². The maximum atomic E-state index is 11.8. The SMILES string of the molecule is CC(C)(C)OC(=O)NC1CCC(Nc2ccc(Cl)cc2Cl)C1. The van der Waals surface area contributed by atoms with Crippen LogP contribution >= 0.6 is 23.2 Å². The maximum Gasteiger partial charge on any atom is 0.407 e. The smallest absolute Gasteiger partial charge is 0.407 e. The fraction of sp³-hybridized carbons (Fsp3) is 0.562. The van der Waals surface area contributed by atoms with Gasteiger partial charge in [-0.1, -0.05) is 23.2 Å². The van der Waals surface area contributed by atoms with Crippen molar-refractivity contribution in [2.45, 2.75) is 57.7 Å². The van der Waals surface area contributed by atoms with E-state index in [1.54, 1.807) is 12.1 Å².